The predicted octanol–water partition coefficient (Wildman–Crippen LogP) is 1.26. The van der Waals surface area contributed by atoms with Crippen LogP contribution >= 0.6 is 0 Å². The number of nitrogens with one attached hydrogen (secondary N) is 1. The van der Waals surface area contributed by atoms with Crippen molar-refractivity contribution in [2.45, 2.75) is 39.2 Å². The fraction of sp³-hybridized carbons (Fsp3) is 0.900. The van der Waals surface area contributed by atoms with Crippen LogP contribution in [0.2, 0.25) is 0 Å². The molecule has 0 rings (SSSR count). The fourth-order valence-corrected chi connectivity index (χ4v) is 0.991. The molecule has 2 N–H and O–H groups in total. The van der Waals surface area contributed by atoms with E-state index >= 15 is 0 Å². The molecule has 0 atom stereocenters. The first-order valence-corrected chi connectivity index (χ1v) is 5.17. The lowest BCUT2D eigenvalue weighted by atomic mass is 10.3. The van der Waals surface area contributed by atoms with Gasteiger partial charge in [-0.3, -0.25) is 4.79 Å². The second-order valence-electron chi connectivity index (χ2n) is 3.52. The normalized spacial score (nSPS) is 10.8. The zero-order valence-electron chi connectivity index (χ0n) is 9.08. The Bertz CT molecular complexity index is 148. The molecule has 0 fully saturated rings. The SMILES string of the molecule is CC(C)OCCCCNCCC(=O)O. The van der Waals surface area contributed by atoms with Crippen LogP contribution in [0.25, 0.3) is 0 Å². The van der Waals surface area contributed by atoms with Crippen molar-refractivity contribution in [2.24, 2.45) is 0 Å². The summed E-state index contributed by atoms with van der Waals surface area (Å²) >= 11 is 0. The van der Waals surface area contributed by atoms with Crippen LogP contribution in [0.3, 0.4) is 0 Å². The third-order valence-electron chi connectivity index (χ3n) is 1.71. The third-order valence-corrected chi connectivity index (χ3v) is 1.71. The Morgan fingerprint density at radius 3 is 2.64 bits per heavy atom. The van der Waals surface area contributed by atoms with Crippen molar-refractivity contribution in [3.8, 4) is 0 Å². The lowest BCUT2D eigenvalue weighted by molar-refractivity contribution is -0.136. The van der Waals surface area contributed by atoms with Gasteiger partial charge in [-0.25, -0.2) is 0 Å². The number of ether oxygens (including phenoxy) is 1. The molecule has 4 heteroatoms. The summed E-state index contributed by atoms with van der Waals surface area (Å²) in [5.74, 6) is -0.749. The molecular weight excluding hydrogens is 182 g/mol. The smallest absolute Gasteiger partial charge is 0.304 e. The van der Waals surface area contributed by atoms with E-state index < -0.39 is 5.97 Å². The van der Waals surface area contributed by atoms with Crippen LogP contribution in [0.5, 0.6) is 0 Å². The molecule has 0 bridgehead atoms. The third kappa shape index (κ3) is 11.4. The van der Waals surface area contributed by atoms with Gasteiger partial charge in [0.2, 0.25) is 0 Å². The van der Waals surface area contributed by atoms with E-state index in [0.29, 0.717) is 12.6 Å². The maximum Gasteiger partial charge on any atom is 0.304 e. The molecule has 4 nitrogen and oxygen atoms in total. The van der Waals surface area contributed by atoms with Crippen molar-refractivity contribution in [1.82, 2.24) is 5.32 Å². The molecule has 0 saturated heterocycles. The van der Waals surface area contributed by atoms with E-state index in [-0.39, 0.29) is 6.42 Å². The molecule has 0 aliphatic rings. The molecule has 0 aromatic carbocycles. The van der Waals surface area contributed by atoms with Gasteiger partial charge in [0.25, 0.3) is 0 Å². The van der Waals surface area contributed by atoms with Crippen molar-refractivity contribution in [3.63, 3.8) is 0 Å². The highest BCUT2D eigenvalue weighted by Crippen LogP contribution is 1.93. The summed E-state index contributed by atoms with van der Waals surface area (Å²) in [4.78, 5) is 10.1. The van der Waals surface area contributed by atoms with Crippen LogP contribution in [0, 0.1) is 0 Å². The standard InChI is InChI=1S/C10H21NO3/c1-9(2)14-8-4-3-6-11-7-5-10(12)13/h9,11H,3-8H2,1-2H3,(H,12,13). The summed E-state index contributed by atoms with van der Waals surface area (Å²) in [6, 6.07) is 0. The number of hydrogen-bond acceptors (Lipinski definition) is 3. The fourth-order valence-electron chi connectivity index (χ4n) is 0.991. The average molecular weight is 203 g/mol. The molecule has 14 heavy (non-hydrogen) atoms. The molecule has 0 spiro atoms. The first-order chi connectivity index (χ1) is 6.63. The topological polar surface area (TPSA) is 58.6 Å². The molecule has 0 aliphatic carbocycles. The number of carboxylic acid groups (broad SMARTS) is 1. The molecule has 0 amide bonds. The van der Waals surface area contributed by atoms with Crippen LogP contribution in [0.4, 0.5) is 0 Å². The molecule has 0 unspecified atom stereocenters. The van der Waals surface area contributed by atoms with Gasteiger partial charge in [0, 0.05) is 13.2 Å². The zero-order valence-corrected chi connectivity index (χ0v) is 9.08. The van der Waals surface area contributed by atoms with E-state index in [1.807, 2.05) is 13.8 Å². The minimum Gasteiger partial charge on any atom is -0.481 e. The first-order valence-electron chi connectivity index (χ1n) is 5.17. The second kappa shape index (κ2) is 8.97. The van der Waals surface area contributed by atoms with Crippen molar-refractivity contribution in [3.05, 3.63) is 0 Å². The van der Waals surface area contributed by atoms with Gasteiger partial charge < -0.3 is 15.2 Å². The van der Waals surface area contributed by atoms with Gasteiger partial charge in [-0.2, -0.15) is 0 Å². The summed E-state index contributed by atoms with van der Waals surface area (Å²) < 4.78 is 5.36. The Balaban J connectivity index is 2.96. The molecule has 0 saturated carbocycles. The molecule has 0 aliphatic heterocycles. The summed E-state index contributed by atoms with van der Waals surface area (Å²) in [5, 5.41) is 11.4. The molecule has 0 aromatic rings. The summed E-state index contributed by atoms with van der Waals surface area (Å²) in [7, 11) is 0. The zero-order chi connectivity index (χ0) is 10.8. The Kier molecular flexibility index (Phi) is 8.57. The monoisotopic (exact) mass is 203 g/mol. The van der Waals surface area contributed by atoms with Crippen molar-refractivity contribution >= 4 is 5.97 Å². The first kappa shape index (κ1) is 13.4. The van der Waals surface area contributed by atoms with E-state index in [9.17, 15) is 4.79 Å². The highest BCUT2D eigenvalue weighted by molar-refractivity contribution is 5.66. The maximum atomic E-state index is 10.1. The Morgan fingerprint density at radius 1 is 1.36 bits per heavy atom. The van der Waals surface area contributed by atoms with Crippen LogP contribution in [-0.2, 0) is 9.53 Å². The van der Waals surface area contributed by atoms with E-state index in [4.69, 9.17) is 9.84 Å². The van der Waals surface area contributed by atoms with Crippen LogP contribution in [0.1, 0.15) is 33.1 Å². The Hall–Kier alpha value is -0.610. The highest BCUT2D eigenvalue weighted by Gasteiger charge is 1.96. The van der Waals surface area contributed by atoms with Gasteiger partial charge in [0.1, 0.15) is 0 Å². The van der Waals surface area contributed by atoms with Crippen LogP contribution < -0.4 is 5.32 Å². The summed E-state index contributed by atoms with van der Waals surface area (Å²) in [5.41, 5.74) is 0. The Morgan fingerprint density at radius 2 is 2.07 bits per heavy atom. The number of hydrogen-bond donors (Lipinski definition) is 2. The van der Waals surface area contributed by atoms with E-state index in [1.54, 1.807) is 0 Å². The largest absolute Gasteiger partial charge is 0.481 e. The molecule has 84 valence electrons. The maximum absolute atomic E-state index is 10.1. The van der Waals surface area contributed by atoms with Crippen LogP contribution in [-0.4, -0.2) is 36.9 Å². The summed E-state index contributed by atoms with van der Waals surface area (Å²) in [6.07, 6.45) is 2.56. The van der Waals surface area contributed by atoms with Crippen LogP contribution in [0.15, 0.2) is 0 Å². The van der Waals surface area contributed by atoms with E-state index in [0.717, 1.165) is 26.0 Å². The van der Waals surface area contributed by atoms with Gasteiger partial charge in [0.05, 0.1) is 12.5 Å². The van der Waals surface area contributed by atoms with Crippen molar-refractivity contribution < 1.29 is 14.6 Å². The summed E-state index contributed by atoms with van der Waals surface area (Å²) in [6.45, 7) is 6.25. The Labute approximate surface area is 85.6 Å². The van der Waals surface area contributed by atoms with Gasteiger partial charge in [0.15, 0.2) is 0 Å². The quantitative estimate of drug-likeness (QED) is 0.554. The number of carboxylic acids is 1. The van der Waals surface area contributed by atoms with Crippen molar-refractivity contribution in [2.75, 3.05) is 19.7 Å². The number of unbranched alkanes of at least 4 members (excludes halogenated alkanes) is 1. The molecule has 0 heterocycles. The highest BCUT2D eigenvalue weighted by atomic mass is 16.5. The van der Waals surface area contributed by atoms with Gasteiger partial charge in [-0.05, 0) is 33.2 Å². The lowest BCUT2D eigenvalue weighted by Crippen LogP contribution is -2.19. The van der Waals surface area contributed by atoms with Gasteiger partial charge in [-0.1, -0.05) is 0 Å². The van der Waals surface area contributed by atoms with Crippen molar-refractivity contribution in [1.29, 1.82) is 0 Å². The number of carbonyl (C=O) groups is 1. The second-order valence-corrected chi connectivity index (χ2v) is 3.52. The average Bonchev–Trinajstić information content (AvgIpc) is 2.08. The number of rotatable bonds is 9. The number of aliphatic carboxylic acids is 1. The predicted molar refractivity (Wildman–Crippen MR) is 55.4 cm³/mol. The van der Waals surface area contributed by atoms with Gasteiger partial charge >= 0.3 is 5.97 Å². The molecule has 0 aromatic heterocycles. The minimum absolute atomic E-state index is 0.197. The van der Waals surface area contributed by atoms with Gasteiger partial charge in [-0.15, -0.1) is 0 Å². The molecule has 0 radical (unpaired) electrons. The minimum atomic E-state index is -0.749. The van der Waals surface area contributed by atoms with E-state index in [2.05, 4.69) is 5.32 Å². The molecular formula is C10H21NO3. The lowest BCUT2D eigenvalue weighted by Gasteiger charge is -2.07. The van der Waals surface area contributed by atoms with E-state index in [1.165, 1.54) is 0 Å².